The molecule has 0 saturated heterocycles. The van der Waals surface area contributed by atoms with Crippen LogP contribution >= 0.6 is 11.6 Å². The average molecular weight is 370 g/mol. The fourth-order valence-electron chi connectivity index (χ4n) is 2.35. The quantitative estimate of drug-likeness (QED) is 0.810. The molecule has 2 aromatic rings. The normalized spacial score (nSPS) is 12.7. The standard InChI is InChI=1S/C17H20ClNO4S/c1-12(14-7-8-16(22-2)17(10-14)23-3)19-24(20,21)11-13-5-4-6-15(18)9-13/h4-10,12,19H,11H2,1-3H3/t12-/m1/s1. The van der Waals surface area contributed by atoms with E-state index in [4.69, 9.17) is 21.1 Å². The van der Waals surface area contributed by atoms with Crippen LogP contribution in [0.25, 0.3) is 0 Å². The zero-order valence-corrected chi connectivity index (χ0v) is 15.3. The van der Waals surface area contributed by atoms with Crippen molar-refractivity contribution in [1.82, 2.24) is 4.72 Å². The van der Waals surface area contributed by atoms with E-state index in [0.717, 1.165) is 5.56 Å². The van der Waals surface area contributed by atoms with E-state index in [1.165, 1.54) is 7.11 Å². The molecule has 0 aliphatic heterocycles. The number of ether oxygens (including phenoxy) is 2. The van der Waals surface area contributed by atoms with E-state index >= 15 is 0 Å². The second kappa shape index (κ2) is 7.88. The highest BCUT2D eigenvalue weighted by atomic mass is 35.5. The van der Waals surface area contributed by atoms with Gasteiger partial charge in [-0.3, -0.25) is 0 Å². The number of benzene rings is 2. The molecule has 2 rings (SSSR count). The first-order valence-corrected chi connectivity index (χ1v) is 9.34. The first kappa shape index (κ1) is 18.6. The Balaban J connectivity index is 2.14. The van der Waals surface area contributed by atoms with Crippen LogP contribution in [-0.2, 0) is 15.8 Å². The van der Waals surface area contributed by atoms with E-state index in [9.17, 15) is 8.42 Å². The van der Waals surface area contributed by atoms with Gasteiger partial charge in [-0.15, -0.1) is 0 Å². The molecule has 0 bridgehead atoms. The highest BCUT2D eigenvalue weighted by molar-refractivity contribution is 7.88. The van der Waals surface area contributed by atoms with Gasteiger partial charge in [-0.25, -0.2) is 13.1 Å². The second-order valence-electron chi connectivity index (χ2n) is 5.34. The number of nitrogens with one attached hydrogen (secondary N) is 1. The Morgan fingerprint density at radius 3 is 2.42 bits per heavy atom. The number of hydrogen-bond donors (Lipinski definition) is 1. The highest BCUT2D eigenvalue weighted by Crippen LogP contribution is 2.30. The van der Waals surface area contributed by atoms with E-state index in [0.29, 0.717) is 22.1 Å². The highest BCUT2D eigenvalue weighted by Gasteiger charge is 2.18. The van der Waals surface area contributed by atoms with Gasteiger partial charge >= 0.3 is 0 Å². The van der Waals surface area contributed by atoms with Crippen molar-refractivity contribution in [3.05, 3.63) is 58.6 Å². The van der Waals surface area contributed by atoms with Crippen molar-refractivity contribution in [1.29, 1.82) is 0 Å². The summed E-state index contributed by atoms with van der Waals surface area (Å²) >= 11 is 5.90. The maximum Gasteiger partial charge on any atom is 0.216 e. The molecule has 0 unspecified atom stereocenters. The van der Waals surface area contributed by atoms with Crippen LogP contribution in [0, 0.1) is 0 Å². The van der Waals surface area contributed by atoms with E-state index in [1.807, 2.05) is 0 Å². The fourth-order valence-corrected chi connectivity index (χ4v) is 3.94. The van der Waals surface area contributed by atoms with Gasteiger partial charge in [0.05, 0.1) is 20.0 Å². The van der Waals surface area contributed by atoms with Gasteiger partial charge in [-0.05, 0) is 42.3 Å². The molecule has 0 heterocycles. The Kier molecular flexibility index (Phi) is 6.10. The van der Waals surface area contributed by atoms with Crippen molar-refractivity contribution in [3.8, 4) is 11.5 Å². The molecule has 1 N–H and O–H groups in total. The van der Waals surface area contributed by atoms with E-state index in [2.05, 4.69) is 4.72 Å². The molecular weight excluding hydrogens is 350 g/mol. The smallest absolute Gasteiger partial charge is 0.216 e. The molecule has 2 aromatic carbocycles. The van der Waals surface area contributed by atoms with Crippen molar-refractivity contribution in [2.75, 3.05) is 14.2 Å². The van der Waals surface area contributed by atoms with Gasteiger partial charge in [-0.2, -0.15) is 0 Å². The van der Waals surface area contributed by atoms with Crippen LogP contribution in [0.3, 0.4) is 0 Å². The van der Waals surface area contributed by atoms with Crippen LogP contribution in [-0.4, -0.2) is 22.6 Å². The van der Waals surface area contributed by atoms with Gasteiger partial charge in [0, 0.05) is 11.1 Å². The lowest BCUT2D eigenvalue weighted by molar-refractivity contribution is 0.354. The molecule has 7 heteroatoms. The first-order chi connectivity index (χ1) is 11.3. The summed E-state index contributed by atoms with van der Waals surface area (Å²) in [5, 5.41) is 0.510. The van der Waals surface area contributed by atoms with Crippen LogP contribution in [0.4, 0.5) is 0 Å². The lowest BCUT2D eigenvalue weighted by atomic mass is 10.1. The van der Waals surface area contributed by atoms with E-state index < -0.39 is 16.1 Å². The number of hydrogen-bond acceptors (Lipinski definition) is 4. The van der Waals surface area contributed by atoms with Gasteiger partial charge in [0.1, 0.15) is 0 Å². The van der Waals surface area contributed by atoms with Crippen LogP contribution < -0.4 is 14.2 Å². The molecule has 130 valence electrons. The molecule has 0 aliphatic rings. The molecule has 0 radical (unpaired) electrons. The fraction of sp³-hybridized carbons (Fsp3) is 0.294. The molecule has 0 aliphatic carbocycles. The minimum absolute atomic E-state index is 0.134. The summed E-state index contributed by atoms with van der Waals surface area (Å²) in [5.41, 5.74) is 1.41. The van der Waals surface area contributed by atoms with Crippen molar-refractivity contribution in [2.24, 2.45) is 0 Å². The Hall–Kier alpha value is -1.76. The Morgan fingerprint density at radius 1 is 1.08 bits per heavy atom. The molecule has 1 atom stereocenters. The van der Waals surface area contributed by atoms with Gasteiger partial charge in [0.15, 0.2) is 11.5 Å². The maximum atomic E-state index is 12.4. The molecule has 24 heavy (non-hydrogen) atoms. The minimum atomic E-state index is -3.51. The Bertz CT molecular complexity index is 808. The van der Waals surface area contributed by atoms with E-state index in [1.54, 1.807) is 56.5 Å². The number of sulfonamides is 1. The van der Waals surface area contributed by atoms with Crippen molar-refractivity contribution < 1.29 is 17.9 Å². The van der Waals surface area contributed by atoms with Crippen molar-refractivity contribution in [3.63, 3.8) is 0 Å². The van der Waals surface area contributed by atoms with Crippen LogP contribution in [0.5, 0.6) is 11.5 Å². The summed E-state index contributed by atoms with van der Waals surface area (Å²) < 4.78 is 37.8. The summed E-state index contributed by atoms with van der Waals surface area (Å²) in [5.74, 6) is 1.01. The Morgan fingerprint density at radius 2 is 1.79 bits per heavy atom. The van der Waals surface area contributed by atoms with Gasteiger partial charge in [0.25, 0.3) is 0 Å². The predicted molar refractivity (Wildman–Crippen MR) is 95.2 cm³/mol. The zero-order chi connectivity index (χ0) is 17.7. The summed E-state index contributed by atoms with van der Waals surface area (Å²) in [6.45, 7) is 1.77. The molecule has 5 nitrogen and oxygen atoms in total. The zero-order valence-electron chi connectivity index (χ0n) is 13.7. The molecule has 0 aromatic heterocycles. The number of rotatable bonds is 7. The van der Waals surface area contributed by atoms with Crippen LogP contribution in [0.1, 0.15) is 24.1 Å². The van der Waals surface area contributed by atoms with Gasteiger partial charge in [-0.1, -0.05) is 29.8 Å². The largest absolute Gasteiger partial charge is 0.493 e. The van der Waals surface area contributed by atoms with Crippen LogP contribution in [0.2, 0.25) is 5.02 Å². The lowest BCUT2D eigenvalue weighted by Gasteiger charge is -2.17. The topological polar surface area (TPSA) is 64.6 Å². The third-order valence-electron chi connectivity index (χ3n) is 3.51. The molecule has 0 fully saturated rings. The maximum absolute atomic E-state index is 12.4. The number of halogens is 1. The molecular formula is C17H20ClNO4S. The van der Waals surface area contributed by atoms with Crippen LogP contribution in [0.15, 0.2) is 42.5 Å². The SMILES string of the molecule is COc1ccc([C@@H](C)NS(=O)(=O)Cc2cccc(Cl)c2)cc1OC. The first-order valence-electron chi connectivity index (χ1n) is 7.31. The monoisotopic (exact) mass is 369 g/mol. The lowest BCUT2D eigenvalue weighted by Crippen LogP contribution is -2.28. The predicted octanol–water partition coefficient (Wildman–Crippen LogP) is 3.54. The Labute approximate surface area is 147 Å². The summed E-state index contributed by atoms with van der Waals surface area (Å²) in [7, 11) is -0.427. The van der Waals surface area contributed by atoms with Crippen molar-refractivity contribution in [2.45, 2.75) is 18.7 Å². The molecule has 0 amide bonds. The minimum Gasteiger partial charge on any atom is -0.493 e. The third kappa shape index (κ3) is 4.87. The molecule has 0 spiro atoms. The molecule has 0 saturated carbocycles. The summed E-state index contributed by atoms with van der Waals surface area (Å²) in [6.07, 6.45) is 0. The summed E-state index contributed by atoms with van der Waals surface area (Å²) in [4.78, 5) is 0. The number of methoxy groups -OCH3 is 2. The van der Waals surface area contributed by atoms with Crippen molar-refractivity contribution >= 4 is 21.6 Å². The summed E-state index contributed by atoms with van der Waals surface area (Å²) in [6, 6.07) is 11.7. The third-order valence-corrected chi connectivity index (χ3v) is 5.17. The average Bonchev–Trinajstić information content (AvgIpc) is 2.53. The van der Waals surface area contributed by atoms with Gasteiger partial charge in [0.2, 0.25) is 10.0 Å². The van der Waals surface area contributed by atoms with Gasteiger partial charge < -0.3 is 9.47 Å². The van der Waals surface area contributed by atoms with E-state index in [-0.39, 0.29) is 5.75 Å². The second-order valence-corrected chi connectivity index (χ2v) is 7.53.